The van der Waals surface area contributed by atoms with Crippen LogP contribution in [0.3, 0.4) is 0 Å². The minimum atomic E-state index is -0.800. The minimum Gasteiger partial charge on any atom is -0.507 e. The van der Waals surface area contributed by atoms with Crippen LogP contribution < -0.4 is 0 Å². The molecule has 0 spiro atoms. The van der Waals surface area contributed by atoms with Crippen LogP contribution in [-0.2, 0) is 0 Å². The van der Waals surface area contributed by atoms with E-state index in [2.05, 4.69) is 34.6 Å². The molecule has 4 rings (SSSR count). The molecule has 7 atom stereocenters. The number of fused-ring (bicyclic) bond motifs is 3. The summed E-state index contributed by atoms with van der Waals surface area (Å²) in [5.74, 6) is -0.575. The normalized spacial score (nSPS) is 36.9. The molecule has 6 heteroatoms. The Hall–Kier alpha value is -2.08. The van der Waals surface area contributed by atoms with Gasteiger partial charge >= 0.3 is 0 Å². The summed E-state index contributed by atoms with van der Waals surface area (Å²) in [4.78, 5) is 23.5. The largest absolute Gasteiger partial charge is 0.507 e. The van der Waals surface area contributed by atoms with Gasteiger partial charge in [-0.1, -0.05) is 34.6 Å². The standard InChI is InChI=1S/C28H40O6/c1-14(2)11-15(20-23(32)16(12-29)22(31)17(13-30)24(20)33)18-8-10-28(6,34)25-21-19(26(21,3)4)7-9-27(18,25)5/h12-15,18-19,21,25,31-34H,7-11H2,1-6H3/t15-,18-,19-,21-,25+,27-,28+/m0/s1. The van der Waals surface area contributed by atoms with Crippen molar-refractivity contribution in [2.24, 2.45) is 40.4 Å². The first-order valence-corrected chi connectivity index (χ1v) is 12.7. The summed E-state index contributed by atoms with van der Waals surface area (Å²) in [7, 11) is 0. The molecule has 1 aromatic carbocycles. The molecule has 4 N–H and O–H groups in total. The van der Waals surface area contributed by atoms with Gasteiger partial charge in [-0.2, -0.15) is 0 Å². The van der Waals surface area contributed by atoms with Crippen molar-refractivity contribution in [1.29, 1.82) is 0 Å². The number of aromatic hydroxyl groups is 3. The number of phenolic OH excluding ortho intramolecular Hbond substituents is 3. The van der Waals surface area contributed by atoms with Gasteiger partial charge in [-0.3, -0.25) is 9.59 Å². The Morgan fingerprint density at radius 3 is 1.97 bits per heavy atom. The fourth-order valence-electron chi connectivity index (χ4n) is 8.48. The van der Waals surface area contributed by atoms with Gasteiger partial charge in [0.05, 0.1) is 16.7 Å². The van der Waals surface area contributed by atoms with E-state index in [1.54, 1.807) is 0 Å². The smallest absolute Gasteiger partial charge is 0.157 e. The summed E-state index contributed by atoms with van der Waals surface area (Å²) in [5.41, 5.74) is -1.40. The maximum absolute atomic E-state index is 11.7. The number of aliphatic hydroxyl groups is 1. The quantitative estimate of drug-likeness (QED) is 0.412. The van der Waals surface area contributed by atoms with E-state index in [0.29, 0.717) is 43.7 Å². The van der Waals surface area contributed by atoms with Gasteiger partial charge in [0.15, 0.2) is 12.6 Å². The molecule has 0 heterocycles. The summed E-state index contributed by atoms with van der Waals surface area (Å²) in [6.45, 7) is 13.0. The van der Waals surface area contributed by atoms with Crippen LogP contribution in [0, 0.1) is 40.4 Å². The zero-order valence-electron chi connectivity index (χ0n) is 21.3. The van der Waals surface area contributed by atoms with Crippen LogP contribution in [0.25, 0.3) is 0 Å². The molecule has 0 unspecified atom stereocenters. The SMILES string of the molecule is CC(C)C[C@H](c1c(O)c(C=O)c(O)c(C=O)c1O)[C@@H]1CC[C@@](C)(O)[C@@H]2[C@@H]3[C@H](CC[C@]21C)C3(C)C. The first-order valence-electron chi connectivity index (χ1n) is 12.7. The Balaban J connectivity index is 1.90. The third-order valence-electron chi connectivity index (χ3n) is 10.0. The fraction of sp³-hybridized carbons (Fsp3) is 0.714. The maximum Gasteiger partial charge on any atom is 0.157 e. The zero-order valence-corrected chi connectivity index (χ0v) is 21.3. The third kappa shape index (κ3) is 3.39. The number of aldehydes is 2. The number of hydrogen-bond acceptors (Lipinski definition) is 6. The number of phenols is 3. The van der Waals surface area contributed by atoms with Gasteiger partial charge in [0.2, 0.25) is 0 Å². The predicted molar refractivity (Wildman–Crippen MR) is 129 cm³/mol. The number of carbonyl (C=O) groups excluding carboxylic acids is 2. The van der Waals surface area contributed by atoms with E-state index in [4.69, 9.17) is 0 Å². The number of rotatable bonds is 6. The molecular weight excluding hydrogens is 432 g/mol. The zero-order chi connectivity index (χ0) is 25.4. The van der Waals surface area contributed by atoms with E-state index in [-0.39, 0.29) is 51.2 Å². The lowest BCUT2D eigenvalue weighted by Crippen LogP contribution is -2.56. The lowest BCUT2D eigenvalue weighted by atomic mass is 9.47. The summed E-state index contributed by atoms with van der Waals surface area (Å²) in [5, 5.41) is 44.1. The molecule has 0 aromatic heterocycles. The van der Waals surface area contributed by atoms with Crippen molar-refractivity contribution >= 4 is 12.6 Å². The Bertz CT molecular complexity index is 974. The number of benzene rings is 1. The highest BCUT2D eigenvalue weighted by atomic mass is 16.3. The molecular formula is C28H40O6. The summed E-state index contributed by atoms with van der Waals surface area (Å²) >= 11 is 0. The average molecular weight is 473 g/mol. The molecule has 0 radical (unpaired) electrons. The first kappa shape index (κ1) is 25.0. The second-order valence-corrected chi connectivity index (χ2v) is 12.7. The van der Waals surface area contributed by atoms with Crippen LogP contribution in [0.4, 0.5) is 0 Å². The monoisotopic (exact) mass is 472 g/mol. The molecule has 3 aliphatic rings. The first-order chi connectivity index (χ1) is 15.7. The van der Waals surface area contributed by atoms with Crippen molar-refractivity contribution in [3.8, 4) is 17.2 Å². The maximum atomic E-state index is 11.7. The van der Waals surface area contributed by atoms with Crippen LogP contribution in [0.15, 0.2) is 0 Å². The Labute approximate surface area is 202 Å². The summed E-state index contributed by atoms with van der Waals surface area (Å²) in [6.07, 6.45) is 4.66. The molecule has 0 amide bonds. The lowest BCUT2D eigenvalue weighted by molar-refractivity contribution is -0.155. The van der Waals surface area contributed by atoms with Crippen molar-refractivity contribution in [3.05, 3.63) is 16.7 Å². The summed E-state index contributed by atoms with van der Waals surface area (Å²) < 4.78 is 0. The van der Waals surface area contributed by atoms with Crippen LogP contribution in [-0.4, -0.2) is 38.6 Å². The molecule has 0 saturated heterocycles. The van der Waals surface area contributed by atoms with Crippen LogP contribution in [0.1, 0.15) is 106 Å². The Morgan fingerprint density at radius 1 is 0.912 bits per heavy atom. The second kappa shape index (κ2) is 7.97. The third-order valence-corrected chi connectivity index (χ3v) is 10.0. The molecule has 6 nitrogen and oxygen atoms in total. The van der Waals surface area contributed by atoms with Crippen LogP contribution in [0.5, 0.6) is 17.2 Å². The van der Waals surface area contributed by atoms with Crippen LogP contribution in [0.2, 0.25) is 0 Å². The number of hydrogen-bond donors (Lipinski definition) is 4. The Kier molecular flexibility index (Phi) is 5.87. The van der Waals surface area contributed by atoms with Crippen molar-refractivity contribution in [2.45, 2.75) is 85.2 Å². The van der Waals surface area contributed by atoms with Crippen molar-refractivity contribution in [3.63, 3.8) is 0 Å². The highest BCUT2D eigenvalue weighted by Crippen LogP contribution is 2.76. The molecule has 3 saturated carbocycles. The molecule has 1 aromatic rings. The van der Waals surface area contributed by atoms with Gasteiger partial charge in [-0.15, -0.1) is 0 Å². The van der Waals surface area contributed by atoms with E-state index in [1.165, 1.54) is 0 Å². The van der Waals surface area contributed by atoms with E-state index < -0.39 is 22.8 Å². The molecule has 3 fully saturated rings. The van der Waals surface area contributed by atoms with E-state index in [0.717, 1.165) is 12.8 Å². The van der Waals surface area contributed by atoms with E-state index in [1.807, 2.05) is 6.92 Å². The van der Waals surface area contributed by atoms with Gasteiger partial charge in [0.25, 0.3) is 0 Å². The van der Waals surface area contributed by atoms with Gasteiger partial charge in [0, 0.05) is 5.56 Å². The fourth-order valence-corrected chi connectivity index (χ4v) is 8.48. The average Bonchev–Trinajstić information content (AvgIpc) is 3.27. The highest BCUT2D eigenvalue weighted by Gasteiger charge is 2.72. The van der Waals surface area contributed by atoms with Crippen molar-refractivity contribution in [2.75, 3.05) is 0 Å². The van der Waals surface area contributed by atoms with Crippen molar-refractivity contribution in [1.82, 2.24) is 0 Å². The Morgan fingerprint density at radius 2 is 1.47 bits per heavy atom. The highest BCUT2D eigenvalue weighted by molar-refractivity contribution is 5.95. The van der Waals surface area contributed by atoms with E-state index in [9.17, 15) is 30.0 Å². The van der Waals surface area contributed by atoms with Crippen molar-refractivity contribution < 1.29 is 30.0 Å². The minimum absolute atomic E-state index is 0.0258. The summed E-state index contributed by atoms with van der Waals surface area (Å²) in [6, 6.07) is 0. The molecule has 34 heavy (non-hydrogen) atoms. The predicted octanol–water partition coefficient (Wildman–Crippen LogP) is 5.41. The van der Waals surface area contributed by atoms with Gasteiger partial charge < -0.3 is 20.4 Å². The van der Waals surface area contributed by atoms with Gasteiger partial charge in [0.1, 0.15) is 17.2 Å². The molecule has 0 aliphatic heterocycles. The van der Waals surface area contributed by atoms with Crippen LogP contribution >= 0.6 is 0 Å². The van der Waals surface area contributed by atoms with Gasteiger partial charge in [-0.25, -0.2) is 0 Å². The molecule has 188 valence electrons. The van der Waals surface area contributed by atoms with Gasteiger partial charge in [-0.05, 0) is 85.4 Å². The second-order valence-electron chi connectivity index (χ2n) is 12.7. The van der Waals surface area contributed by atoms with E-state index >= 15 is 0 Å². The lowest BCUT2D eigenvalue weighted by Gasteiger charge is -2.59. The molecule has 3 aliphatic carbocycles. The molecule has 0 bridgehead atoms. The topological polar surface area (TPSA) is 115 Å². The number of carbonyl (C=O) groups is 2.